The van der Waals surface area contributed by atoms with Crippen molar-refractivity contribution in [2.24, 2.45) is 0 Å². The Morgan fingerprint density at radius 2 is 1.80 bits per heavy atom. The molecule has 0 amide bonds. The number of aryl methyl sites for hydroxylation is 2. The highest BCUT2D eigenvalue weighted by Crippen LogP contribution is 2.29. The lowest BCUT2D eigenvalue weighted by molar-refractivity contribution is 0.417. The van der Waals surface area contributed by atoms with E-state index in [2.05, 4.69) is 46.6 Å². The lowest BCUT2D eigenvalue weighted by Gasteiger charge is -2.12. The molecule has 0 fully saturated rings. The van der Waals surface area contributed by atoms with Crippen molar-refractivity contribution >= 4 is 34.7 Å². The molecular weight excluding hydrogens is 336 g/mol. The minimum atomic E-state index is 0.453. The summed E-state index contributed by atoms with van der Waals surface area (Å²) in [6.07, 6.45) is 1.69. The van der Waals surface area contributed by atoms with Gasteiger partial charge in [-0.2, -0.15) is 4.98 Å². The van der Waals surface area contributed by atoms with Crippen LogP contribution in [0.4, 0.5) is 23.1 Å². The maximum absolute atomic E-state index is 6.06. The average Bonchev–Trinajstić information content (AvgIpc) is 2.59. The number of aromatic nitrogens is 2. The van der Waals surface area contributed by atoms with Crippen molar-refractivity contribution in [1.29, 1.82) is 0 Å². The molecule has 0 radical (unpaired) electrons. The Labute approximate surface area is 152 Å². The molecular formula is C19H19ClN4O. The minimum Gasteiger partial charge on any atom is -0.495 e. The second-order valence-corrected chi connectivity index (χ2v) is 6.10. The van der Waals surface area contributed by atoms with E-state index >= 15 is 0 Å². The zero-order chi connectivity index (χ0) is 17.8. The number of nitrogens with one attached hydrogen (secondary N) is 2. The van der Waals surface area contributed by atoms with Crippen molar-refractivity contribution in [1.82, 2.24) is 9.97 Å². The van der Waals surface area contributed by atoms with Crippen LogP contribution in [0.1, 0.15) is 11.1 Å². The third-order valence-corrected chi connectivity index (χ3v) is 4.08. The molecule has 3 rings (SSSR count). The van der Waals surface area contributed by atoms with Crippen LogP contribution in [0.15, 0.2) is 48.7 Å². The Hall–Kier alpha value is -2.79. The number of nitrogens with zero attached hydrogens (tertiary/aromatic N) is 2. The van der Waals surface area contributed by atoms with Crippen LogP contribution in [0.5, 0.6) is 5.75 Å². The van der Waals surface area contributed by atoms with Gasteiger partial charge in [-0.15, -0.1) is 0 Å². The van der Waals surface area contributed by atoms with Gasteiger partial charge >= 0.3 is 0 Å². The van der Waals surface area contributed by atoms with E-state index in [0.29, 0.717) is 28.2 Å². The van der Waals surface area contributed by atoms with Crippen LogP contribution in [0.25, 0.3) is 0 Å². The average molecular weight is 355 g/mol. The fourth-order valence-electron chi connectivity index (χ4n) is 2.35. The fourth-order valence-corrected chi connectivity index (χ4v) is 2.53. The quantitative estimate of drug-likeness (QED) is 0.656. The van der Waals surface area contributed by atoms with Gasteiger partial charge in [-0.1, -0.05) is 17.7 Å². The lowest BCUT2D eigenvalue weighted by atomic mass is 10.1. The number of hydrogen-bond donors (Lipinski definition) is 2. The number of ether oxygens (including phenoxy) is 1. The first-order valence-corrected chi connectivity index (χ1v) is 8.21. The summed E-state index contributed by atoms with van der Waals surface area (Å²) in [6.45, 7) is 4.17. The predicted molar refractivity (Wildman–Crippen MR) is 103 cm³/mol. The van der Waals surface area contributed by atoms with Crippen molar-refractivity contribution in [2.75, 3.05) is 17.7 Å². The fraction of sp³-hybridized carbons (Fsp3) is 0.158. The van der Waals surface area contributed by atoms with E-state index in [-0.39, 0.29) is 0 Å². The van der Waals surface area contributed by atoms with Crippen LogP contribution >= 0.6 is 11.6 Å². The van der Waals surface area contributed by atoms with E-state index in [0.717, 1.165) is 5.69 Å². The van der Waals surface area contributed by atoms with E-state index in [1.54, 1.807) is 31.5 Å². The summed E-state index contributed by atoms with van der Waals surface area (Å²) < 4.78 is 5.33. The second-order valence-electron chi connectivity index (χ2n) is 5.66. The van der Waals surface area contributed by atoms with E-state index in [1.807, 2.05) is 12.1 Å². The SMILES string of the molecule is COc1ccc(Cl)cc1Nc1nccc(Nc2ccc(C)c(C)c2)n1. The first-order valence-electron chi connectivity index (χ1n) is 7.83. The highest BCUT2D eigenvalue weighted by Gasteiger charge is 2.07. The van der Waals surface area contributed by atoms with Crippen LogP contribution in [0.3, 0.4) is 0 Å². The molecule has 0 atom stereocenters. The van der Waals surface area contributed by atoms with E-state index in [9.17, 15) is 0 Å². The van der Waals surface area contributed by atoms with Crippen LogP contribution in [-0.2, 0) is 0 Å². The summed E-state index contributed by atoms with van der Waals surface area (Å²) in [5, 5.41) is 7.03. The van der Waals surface area contributed by atoms with Crippen LogP contribution in [-0.4, -0.2) is 17.1 Å². The third kappa shape index (κ3) is 4.19. The van der Waals surface area contributed by atoms with Gasteiger partial charge in [0.25, 0.3) is 0 Å². The number of halogens is 1. The predicted octanol–water partition coefficient (Wildman–Crippen LogP) is 5.24. The normalized spacial score (nSPS) is 10.4. The lowest BCUT2D eigenvalue weighted by Crippen LogP contribution is -2.02. The van der Waals surface area contributed by atoms with Gasteiger partial charge in [-0.05, 0) is 61.4 Å². The van der Waals surface area contributed by atoms with Crippen LogP contribution in [0.2, 0.25) is 5.02 Å². The summed E-state index contributed by atoms with van der Waals surface area (Å²) in [6, 6.07) is 13.3. The van der Waals surface area contributed by atoms with Gasteiger partial charge < -0.3 is 15.4 Å². The number of anilines is 4. The van der Waals surface area contributed by atoms with E-state index < -0.39 is 0 Å². The molecule has 0 aliphatic heterocycles. The monoisotopic (exact) mass is 354 g/mol. The maximum atomic E-state index is 6.06. The molecule has 0 aliphatic carbocycles. The molecule has 0 bridgehead atoms. The van der Waals surface area contributed by atoms with Crippen molar-refractivity contribution in [3.8, 4) is 5.75 Å². The maximum Gasteiger partial charge on any atom is 0.229 e. The summed E-state index contributed by atoms with van der Waals surface area (Å²) in [5.41, 5.74) is 4.16. The highest BCUT2D eigenvalue weighted by atomic mass is 35.5. The Morgan fingerprint density at radius 1 is 0.960 bits per heavy atom. The van der Waals surface area contributed by atoms with E-state index in [4.69, 9.17) is 16.3 Å². The van der Waals surface area contributed by atoms with Crippen LogP contribution < -0.4 is 15.4 Å². The number of hydrogen-bond acceptors (Lipinski definition) is 5. The Morgan fingerprint density at radius 3 is 2.56 bits per heavy atom. The van der Waals surface area contributed by atoms with Crippen molar-refractivity contribution in [3.63, 3.8) is 0 Å². The van der Waals surface area contributed by atoms with Gasteiger partial charge in [0.05, 0.1) is 12.8 Å². The van der Waals surface area contributed by atoms with Gasteiger partial charge in [0.1, 0.15) is 11.6 Å². The molecule has 25 heavy (non-hydrogen) atoms. The first kappa shape index (κ1) is 17.0. The molecule has 5 nitrogen and oxygen atoms in total. The largest absolute Gasteiger partial charge is 0.495 e. The van der Waals surface area contributed by atoms with Crippen LogP contribution in [0, 0.1) is 13.8 Å². The van der Waals surface area contributed by atoms with Gasteiger partial charge in [0.2, 0.25) is 5.95 Å². The molecule has 128 valence electrons. The summed E-state index contributed by atoms with van der Waals surface area (Å²) in [4.78, 5) is 8.74. The molecule has 1 heterocycles. The first-order chi connectivity index (χ1) is 12.0. The number of methoxy groups -OCH3 is 1. The smallest absolute Gasteiger partial charge is 0.229 e. The van der Waals surface area contributed by atoms with Crippen molar-refractivity contribution in [2.45, 2.75) is 13.8 Å². The zero-order valence-corrected chi connectivity index (χ0v) is 15.1. The van der Waals surface area contributed by atoms with E-state index in [1.165, 1.54) is 11.1 Å². The highest BCUT2D eigenvalue weighted by molar-refractivity contribution is 6.31. The molecule has 3 aromatic rings. The molecule has 0 unspecified atom stereocenters. The molecule has 0 aliphatic rings. The van der Waals surface area contributed by atoms with Gasteiger partial charge in [0, 0.05) is 16.9 Å². The summed E-state index contributed by atoms with van der Waals surface area (Å²) in [5.74, 6) is 1.82. The topological polar surface area (TPSA) is 59.1 Å². The van der Waals surface area contributed by atoms with Gasteiger partial charge in [-0.3, -0.25) is 0 Å². The standard InChI is InChI=1S/C19H19ClN4O/c1-12-4-6-15(10-13(12)2)22-18-8-9-21-19(24-18)23-16-11-14(20)5-7-17(16)25-3/h4-11H,1-3H3,(H2,21,22,23,24). The molecule has 6 heteroatoms. The summed E-state index contributed by atoms with van der Waals surface area (Å²) >= 11 is 6.06. The molecule has 2 N–H and O–H groups in total. The number of benzene rings is 2. The molecule has 0 saturated heterocycles. The molecule has 0 spiro atoms. The summed E-state index contributed by atoms with van der Waals surface area (Å²) in [7, 11) is 1.60. The minimum absolute atomic E-state index is 0.453. The van der Waals surface area contributed by atoms with Gasteiger partial charge in [-0.25, -0.2) is 4.98 Å². The van der Waals surface area contributed by atoms with Crippen molar-refractivity contribution in [3.05, 3.63) is 64.8 Å². The Bertz CT molecular complexity index is 898. The number of rotatable bonds is 5. The van der Waals surface area contributed by atoms with Gasteiger partial charge in [0.15, 0.2) is 0 Å². The van der Waals surface area contributed by atoms with Crippen molar-refractivity contribution < 1.29 is 4.74 Å². The third-order valence-electron chi connectivity index (χ3n) is 3.84. The molecule has 1 aromatic heterocycles. The molecule has 0 saturated carbocycles. The Kier molecular flexibility index (Phi) is 5.05. The zero-order valence-electron chi connectivity index (χ0n) is 14.3. The second kappa shape index (κ2) is 7.40. The molecule has 2 aromatic carbocycles. The Balaban J connectivity index is 1.82.